The Labute approximate surface area is 92.0 Å². The van der Waals surface area contributed by atoms with E-state index in [1.807, 2.05) is 0 Å². The zero-order valence-corrected chi connectivity index (χ0v) is 9.33. The van der Waals surface area contributed by atoms with Gasteiger partial charge in [0.05, 0.1) is 5.37 Å². The van der Waals surface area contributed by atoms with E-state index in [9.17, 15) is 4.39 Å². The second-order valence-electron chi connectivity index (χ2n) is 3.45. The van der Waals surface area contributed by atoms with E-state index in [1.54, 1.807) is 17.8 Å². The minimum Gasteiger partial charge on any atom is -0.298 e. The van der Waals surface area contributed by atoms with Crippen LogP contribution in [0.1, 0.15) is 17.9 Å². The second kappa shape index (κ2) is 4.09. The molecule has 2 rings (SSSR count). The van der Waals surface area contributed by atoms with Crippen LogP contribution in [-0.4, -0.2) is 11.8 Å². The lowest BCUT2D eigenvalue weighted by Crippen LogP contribution is -2.22. The summed E-state index contributed by atoms with van der Waals surface area (Å²) in [5.74, 6) is 0.785. The van der Waals surface area contributed by atoms with E-state index in [-0.39, 0.29) is 11.2 Å². The van der Waals surface area contributed by atoms with Gasteiger partial charge in [-0.05, 0) is 24.6 Å². The van der Waals surface area contributed by atoms with Crippen molar-refractivity contribution in [2.24, 2.45) is 0 Å². The molecule has 0 saturated carbocycles. The maximum atomic E-state index is 12.8. The van der Waals surface area contributed by atoms with Gasteiger partial charge in [-0.3, -0.25) is 5.32 Å². The van der Waals surface area contributed by atoms with Gasteiger partial charge in [0, 0.05) is 16.8 Å². The van der Waals surface area contributed by atoms with Gasteiger partial charge in [0.15, 0.2) is 0 Å². The fourth-order valence-corrected chi connectivity index (χ4v) is 3.12. The molecule has 0 radical (unpaired) electrons. The highest BCUT2D eigenvalue weighted by Gasteiger charge is 2.23. The van der Waals surface area contributed by atoms with Crippen LogP contribution in [0.3, 0.4) is 0 Å². The molecule has 1 fully saturated rings. The number of rotatable bonds is 1. The molecular weight excluding hydrogens is 221 g/mol. The maximum absolute atomic E-state index is 12.8. The summed E-state index contributed by atoms with van der Waals surface area (Å²) in [7, 11) is 0. The quantitative estimate of drug-likeness (QED) is 0.797. The number of nitrogens with one attached hydrogen (secondary N) is 1. The van der Waals surface area contributed by atoms with Gasteiger partial charge >= 0.3 is 0 Å². The van der Waals surface area contributed by atoms with Gasteiger partial charge in [-0.25, -0.2) is 4.39 Å². The van der Waals surface area contributed by atoms with Crippen LogP contribution in [0.15, 0.2) is 18.2 Å². The summed E-state index contributed by atoms with van der Waals surface area (Å²) in [6.45, 7) is 2.13. The lowest BCUT2D eigenvalue weighted by atomic mass is 10.2. The average Bonchev–Trinajstić information content (AvgIpc) is 2.51. The molecule has 1 aliphatic heterocycles. The molecule has 0 bridgehead atoms. The molecule has 1 aliphatic rings. The number of thioether (sulfide) groups is 1. The Morgan fingerprint density at radius 2 is 2.36 bits per heavy atom. The van der Waals surface area contributed by atoms with Crippen molar-refractivity contribution in [2.45, 2.75) is 18.3 Å². The summed E-state index contributed by atoms with van der Waals surface area (Å²) >= 11 is 7.77. The van der Waals surface area contributed by atoms with Crippen LogP contribution in [0.25, 0.3) is 0 Å². The van der Waals surface area contributed by atoms with Crippen LogP contribution in [0, 0.1) is 5.82 Å². The molecule has 2 unspecified atom stereocenters. The molecule has 1 nitrogen and oxygen atoms in total. The Morgan fingerprint density at radius 3 is 2.93 bits per heavy atom. The molecule has 1 heterocycles. The van der Waals surface area contributed by atoms with Crippen molar-refractivity contribution < 1.29 is 4.39 Å². The summed E-state index contributed by atoms with van der Waals surface area (Å²) in [6, 6.07) is 5.06. The fourth-order valence-electron chi connectivity index (χ4n) is 1.49. The second-order valence-corrected chi connectivity index (χ2v) is 4.99. The van der Waals surface area contributed by atoms with Crippen molar-refractivity contribution in [1.82, 2.24) is 5.32 Å². The van der Waals surface area contributed by atoms with Crippen LogP contribution < -0.4 is 5.32 Å². The molecule has 1 aromatic rings. The van der Waals surface area contributed by atoms with Gasteiger partial charge in [0.1, 0.15) is 5.82 Å². The summed E-state index contributed by atoms with van der Waals surface area (Å²) in [6.07, 6.45) is 0. The minimum absolute atomic E-state index is 0.207. The molecule has 0 aliphatic carbocycles. The highest BCUT2D eigenvalue weighted by molar-refractivity contribution is 7.99. The molecule has 4 heteroatoms. The number of benzene rings is 1. The molecule has 1 saturated heterocycles. The van der Waals surface area contributed by atoms with Crippen LogP contribution in [0.5, 0.6) is 0 Å². The normalized spacial score (nSPS) is 26.8. The third-order valence-corrected chi connectivity index (χ3v) is 3.94. The van der Waals surface area contributed by atoms with E-state index < -0.39 is 0 Å². The highest BCUT2D eigenvalue weighted by Crippen LogP contribution is 2.36. The zero-order chi connectivity index (χ0) is 10.1. The predicted molar refractivity (Wildman–Crippen MR) is 59.2 cm³/mol. The standard InChI is InChI=1S/C10H11ClFNS/c1-6-5-14-10(13-6)8-3-2-7(12)4-9(8)11/h2-4,6,10,13H,5H2,1H3. The van der Waals surface area contributed by atoms with Gasteiger partial charge in [-0.2, -0.15) is 0 Å². The third-order valence-electron chi connectivity index (χ3n) is 2.19. The Hall–Kier alpha value is -0.250. The lowest BCUT2D eigenvalue weighted by molar-refractivity contribution is 0.611. The van der Waals surface area contributed by atoms with E-state index in [1.165, 1.54) is 12.1 Å². The molecule has 0 aromatic heterocycles. The van der Waals surface area contributed by atoms with Crippen molar-refractivity contribution in [3.63, 3.8) is 0 Å². The maximum Gasteiger partial charge on any atom is 0.124 e. The van der Waals surface area contributed by atoms with Crippen molar-refractivity contribution >= 4 is 23.4 Å². The predicted octanol–water partition coefficient (Wildman–Crippen LogP) is 3.20. The molecule has 0 amide bonds. The average molecular weight is 232 g/mol. The fraction of sp³-hybridized carbons (Fsp3) is 0.400. The summed E-state index contributed by atoms with van der Waals surface area (Å²) in [4.78, 5) is 0. The molecule has 0 spiro atoms. The SMILES string of the molecule is CC1CSC(c2ccc(F)cc2Cl)N1. The first-order valence-electron chi connectivity index (χ1n) is 4.49. The smallest absolute Gasteiger partial charge is 0.124 e. The molecule has 14 heavy (non-hydrogen) atoms. The molecular formula is C10H11ClFNS. The Morgan fingerprint density at radius 1 is 1.57 bits per heavy atom. The van der Waals surface area contributed by atoms with Crippen LogP contribution in [0.2, 0.25) is 5.02 Å². The molecule has 2 atom stereocenters. The largest absolute Gasteiger partial charge is 0.298 e. The Bertz CT molecular complexity index is 345. The van der Waals surface area contributed by atoms with Crippen molar-refractivity contribution in [3.05, 3.63) is 34.6 Å². The van der Waals surface area contributed by atoms with Gasteiger partial charge < -0.3 is 0 Å². The van der Waals surface area contributed by atoms with Gasteiger partial charge in [0.2, 0.25) is 0 Å². The van der Waals surface area contributed by atoms with Gasteiger partial charge in [-0.1, -0.05) is 17.7 Å². The summed E-state index contributed by atoms with van der Waals surface area (Å²) in [5, 5.41) is 4.10. The zero-order valence-electron chi connectivity index (χ0n) is 7.76. The lowest BCUT2D eigenvalue weighted by Gasteiger charge is -2.12. The molecule has 1 N–H and O–H groups in total. The van der Waals surface area contributed by atoms with E-state index in [0.29, 0.717) is 11.1 Å². The van der Waals surface area contributed by atoms with Crippen molar-refractivity contribution in [1.29, 1.82) is 0 Å². The third kappa shape index (κ3) is 2.05. The van der Waals surface area contributed by atoms with Crippen molar-refractivity contribution in [2.75, 3.05) is 5.75 Å². The van der Waals surface area contributed by atoms with E-state index in [2.05, 4.69) is 12.2 Å². The van der Waals surface area contributed by atoms with E-state index in [0.717, 1.165) is 11.3 Å². The van der Waals surface area contributed by atoms with Crippen LogP contribution >= 0.6 is 23.4 Å². The topological polar surface area (TPSA) is 12.0 Å². The van der Waals surface area contributed by atoms with Gasteiger partial charge in [0.25, 0.3) is 0 Å². The first-order chi connectivity index (χ1) is 6.66. The monoisotopic (exact) mass is 231 g/mol. The summed E-state index contributed by atoms with van der Waals surface area (Å²) in [5.41, 5.74) is 0.974. The van der Waals surface area contributed by atoms with Crippen LogP contribution in [0.4, 0.5) is 4.39 Å². The highest BCUT2D eigenvalue weighted by atomic mass is 35.5. The number of halogens is 2. The van der Waals surface area contributed by atoms with Crippen molar-refractivity contribution in [3.8, 4) is 0 Å². The van der Waals surface area contributed by atoms with Gasteiger partial charge in [-0.15, -0.1) is 11.8 Å². The van der Waals surface area contributed by atoms with E-state index >= 15 is 0 Å². The minimum atomic E-state index is -0.283. The summed E-state index contributed by atoms with van der Waals surface area (Å²) < 4.78 is 12.8. The number of hydrogen-bond acceptors (Lipinski definition) is 2. The number of hydrogen-bond donors (Lipinski definition) is 1. The Balaban J connectivity index is 2.24. The molecule has 1 aromatic carbocycles. The van der Waals surface area contributed by atoms with Crippen LogP contribution in [-0.2, 0) is 0 Å². The Kier molecular flexibility index (Phi) is 3.00. The first kappa shape index (κ1) is 10.3. The molecule has 76 valence electrons. The first-order valence-corrected chi connectivity index (χ1v) is 5.92. The van der Waals surface area contributed by atoms with E-state index in [4.69, 9.17) is 11.6 Å².